The molecule has 1 atom stereocenters. The molecule has 0 radical (unpaired) electrons. The lowest BCUT2D eigenvalue weighted by Crippen LogP contribution is -2.39. The zero-order valence-electron chi connectivity index (χ0n) is 14.4. The Morgan fingerprint density at radius 3 is 2.70 bits per heavy atom. The van der Waals surface area contributed by atoms with E-state index in [9.17, 15) is 14.0 Å². The van der Waals surface area contributed by atoms with Crippen LogP contribution >= 0.6 is 0 Å². The van der Waals surface area contributed by atoms with Crippen molar-refractivity contribution in [1.82, 2.24) is 10.3 Å². The van der Waals surface area contributed by atoms with Gasteiger partial charge in [-0.2, -0.15) is 0 Å². The number of rotatable bonds is 3. The van der Waals surface area contributed by atoms with E-state index < -0.39 is 6.03 Å². The van der Waals surface area contributed by atoms with Gasteiger partial charge in [-0.1, -0.05) is 18.2 Å². The van der Waals surface area contributed by atoms with Gasteiger partial charge >= 0.3 is 6.03 Å². The Morgan fingerprint density at radius 1 is 1.11 bits per heavy atom. The van der Waals surface area contributed by atoms with Crippen molar-refractivity contribution in [3.8, 4) is 0 Å². The molecule has 3 aromatic rings. The van der Waals surface area contributed by atoms with Crippen LogP contribution in [0.4, 0.5) is 20.6 Å². The molecule has 1 fully saturated rings. The molecule has 2 N–H and O–H groups in total. The van der Waals surface area contributed by atoms with E-state index in [4.69, 9.17) is 0 Å². The average molecular weight is 364 g/mol. The maximum absolute atomic E-state index is 12.9. The van der Waals surface area contributed by atoms with Gasteiger partial charge in [0, 0.05) is 30.2 Å². The summed E-state index contributed by atoms with van der Waals surface area (Å²) in [5.74, 6) is -0.443. The second-order valence-corrected chi connectivity index (χ2v) is 6.36. The quantitative estimate of drug-likeness (QED) is 0.749. The predicted octanol–water partition coefficient (Wildman–Crippen LogP) is 3.30. The summed E-state index contributed by atoms with van der Waals surface area (Å²) >= 11 is 0. The number of aromatic nitrogens is 1. The van der Waals surface area contributed by atoms with Crippen LogP contribution in [0.5, 0.6) is 0 Å². The molecule has 2 aromatic carbocycles. The molecule has 2 heterocycles. The van der Waals surface area contributed by atoms with Crippen molar-refractivity contribution in [3.63, 3.8) is 0 Å². The molecule has 1 aromatic heterocycles. The van der Waals surface area contributed by atoms with E-state index in [2.05, 4.69) is 15.6 Å². The Kier molecular flexibility index (Phi) is 4.42. The summed E-state index contributed by atoms with van der Waals surface area (Å²) in [6.07, 6.45) is 1.90. The van der Waals surface area contributed by atoms with Gasteiger partial charge in [-0.15, -0.1) is 0 Å². The molecule has 0 saturated carbocycles. The highest BCUT2D eigenvalue weighted by Crippen LogP contribution is 2.28. The molecule has 1 aliphatic heterocycles. The summed E-state index contributed by atoms with van der Waals surface area (Å²) < 4.78 is 12.9. The van der Waals surface area contributed by atoms with E-state index in [0.717, 1.165) is 16.6 Å². The maximum atomic E-state index is 12.9. The zero-order chi connectivity index (χ0) is 18.8. The largest absolute Gasteiger partial charge is 0.333 e. The minimum absolute atomic E-state index is 0.0692. The molecule has 0 spiro atoms. The summed E-state index contributed by atoms with van der Waals surface area (Å²) in [4.78, 5) is 30.7. The number of carbonyl (C=O) groups is 2. The smallest absolute Gasteiger partial charge is 0.319 e. The third kappa shape index (κ3) is 3.57. The van der Waals surface area contributed by atoms with Gasteiger partial charge in [0.25, 0.3) is 0 Å². The number of hydrogen-bond acceptors (Lipinski definition) is 3. The first-order valence-corrected chi connectivity index (χ1v) is 8.57. The molecular weight excluding hydrogens is 347 g/mol. The van der Waals surface area contributed by atoms with Gasteiger partial charge in [-0.3, -0.25) is 9.78 Å². The minimum atomic E-state index is -0.433. The van der Waals surface area contributed by atoms with Crippen LogP contribution < -0.4 is 15.5 Å². The SMILES string of the molecule is O=C(Nc1ccc(F)cc1)NC1CC(=O)N(c2cccc3cccnc23)C1. The second-order valence-electron chi connectivity index (χ2n) is 6.36. The Balaban J connectivity index is 1.46. The van der Waals surface area contributed by atoms with Crippen LogP contribution in [0.3, 0.4) is 0 Å². The highest BCUT2D eigenvalue weighted by Gasteiger charge is 2.32. The predicted molar refractivity (Wildman–Crippen MR) is 101 cm³/mol. The summed E-state index contributed by atoms with van der Waals surface area (Å²) in [6, 6.07) is 14.2. The molecule has 0 bridgehead atoms. The Bertz CT molecular complexity index is 1000. The number of carbonyl (C=O) groups excluding carboxylic acids is 2. The Hall–Kier alpha value is -3.48. The van der Waals surface area contributed by atoms with Crippen LogP contribution in [0.1, 0.15) is 6.42 Å². The van der Waals surface area contributed by atoms with E-state index in [-0.39, 0.29) is 24.2 Å². The average Bonchev–Trinajstić information content (AvgIpc) is 3.03. The molecule has 1 aliphatic rings. The number of halogens is 1. The number of nitrogens with one attached hydrogen (secondary N) is 2. The molecule has 0 aliphatic carbocycles. The van der Waals surface area contributed by atoms with Gasteiger partial charge in [0.15, 0.2) is 0 Å². The lowest BCUT2D eigenvalue weighted by atomic mass is 10.2. The Morgan fingerprint density at radius 2 is 1.89 bits per heavy atom. The van der Waals surface area contributed by atoms with Gasteiger partial charge in [0.2, 0.25) is 5.91 Å². The molecule has 4 rings (SSSR count). The van der Waals surface area contributed by atoms with Crippen LogP contribution in [0.2, 0.25) is 0 Å². The third-order valence-electron chi connectivity index (χ3n) is 4.46. The number of para-hydroxylation sites is 1. The molecule has 7 heteroatoms. The summed E-state index contributed by atoms with van der Waals surface area (Å²) in [7, 11) is 0. The van der Waals surface area contributed by atoms with Crippen LogP contribution in [0, 0.1) is 5.82 Å². The highest BCUT2D eigenvalue weighted by molar-refractivity contribution is 6.04. The zero-order valence-corrected chi connectivity index (χ0v) is 14.4. The van der Waals surface area contributed by atoms with Crippen LogP contribution in [-0.4, -0.2) is 29.5 Å². The van der Waals surface area contributed by atoms with Crippen molar-refractivity contribution in [2.75, 3.05) is 16.8 Å². The summed E-state index contributed by atoms with van der Waals surface area (Å²) in [6.45, 7) is 0.366. The van der Waals surface area contributed by atoms with E-state index >= 15 is 0 Å². The molecular formula is C20H17FN4O2. The summed E-state index contributed by atoms with van der Waals surface area (Å²) in [5, 5.41) is 6.38. The molecule has 1 saturated heterocycles. The number of anilines is 2. The monoisotopic (exact) mass is 364 g/mol. The Labute approximate surface area is 155 Å². The van der Waals surface area contributed by atoms with Gasteiger partial charge in [-0.25, -0.2) is 9.18 Å². The van der Waals surface area contributed by atoms with E-state index in [1.807, 2.05) is 30.3 Å². The minimum Gasteiger partial charge on any atom is -0.333 e. The highest BCUT2D eigenvalue weighted by atomic mass is 19.1. The number of amides is 3. The van der Waals surface area contributed by atoms with Crippen LogP contribution in [0.15, 0.2) is 60.8 Å². The molecule has 1 unspecified atom stereocenters. The first kappa shape index (κ1) is 17.0. The van der Waals surface area contributed by atoms with Crippen molar-refractivity contribution in [1.29, 1.82) is 0 Å². The van der Waals surface area contributed by atoms with Crippen molar-refractivity contribution >= 4 is 34.2 Å². The van der Waals surface area contributed by atoms with Crippen LogP contribution in [0.25, 0.3) is 10.9 Å². The fourth-order valence-electron chi connectivity index (χ4n) is 3.23. The topological polar surface area (TPSA) is 74.3 Å². The lowest BCUT2D eigenvalue weighted by Gasteiger charge is -2.18. The standard InChI is InChI=1S/C20H17FN4O2/c21-14-6-8-15(9-7-14)23-20(27)24-16-11-18(26)25(12-16)17-5-1-3-13-4-2-10-22-19(13)17/h1-10,16H,11-12H2,(H2,23,24,27). The molecule has 6 nitrogen and oxygen atoms in total. The fraction of sp³-hybridized carbons (Fsp3) is 0.150. The number of fused-ring (bicyclic) bond motifs is 1. The second kappa shape index (κ2) is 7.03. The molecule has 3 amide bonds. The van der Waals surface area contributed by atoms with E-state index in [0.29, 0.717) is 12.2 Å². The maximum Gasteiger partial charge on any atom is 0.319 e. The van der Waals surface area contributed by atoms with Crippen molar-refractivity contribution in [3.05, 3.63) is 66.6 Å². The van der Waals surface area contributed by atoms with Gasteiger partial charge in [0.1, 0.15) is 5.82 Å². The van der Waals surface area contributed by atoms with Crippen molar-refractivity contribution < 1.29 is 14.0 Å². The third-order valence-corrected chi connectivity index (χ3v) is 4.46. The van der Waals surface area contributed by atoms with Gasteiger partial charge < -0.3 is 15.5 Å². The number of hydrogen-bond donors (Lipinski definition) is 2. The van der Waals surface area contributed by atoms with Crippen molar-refractivity contribution in [2.45, 2.75) is 12.5 Å². The summed E-state index contributed by atoms with van der Waals surface area (Å²) in [5.41, 5.74) is 1.97. The fourth-order valence-corrected chi connectivity index (χ4v) is 3.23. The molecule has 136 valence electrons. The van der Waals surface area contributed by atoms with Gasteiger partial charge in [0.05, 0.1) is 17.2 Å². The molecule has 27 heavy (non-hydrogen) atoms. The van der Waals surface area contributed by atoms with Gasteiger partial charge in [-0.05, 0) is 36.4 Å². The number of pyridine rings is 1. The van der Waals surface area contributed by atoms with Crippen LogP contribution in [-0.2, 0) is 4.79 Å². The van der Waals surface area contributed by atoms with Crippen molar-refractivity contribution in [2.24, 2.45) is 0 Å². The van der Waals surface area contributed by atoms with E-state index in [1.165, 1.54) is 24.3 Å². The first-order valence-electron chi connectivity index (χ1n) is 8.57. The normalized spacial score (nSPS) is 16.6. The number of urea groups is 1. The van der Waals surface area contributed by atoms with E-state index in [1.54, 1.807) is 11.1 Å². The first-order chi connectivity index (χ1) is 13.1. The number of benzene rings is 2. The lowest BCUT2D eigenvalue weighted by molar-refractivity contribution is -0.117. The number of nitrogens with zero attached hydrogens (tertiary/aromatic N) is 2.